The maximum atomic E-state index is 5.38. The van der Waals surface area contributed by atoms with Gasteiger partial charge in [-0.3, -0.25) is 4.90 Å². The number of aryl methyl sites for hydroxylation is 1. The molecule has 0 spiro atoms. The van der Waals surface area contributed by atoms with Gasteiger partial charge in [0.2, 0.25) is 0 Å². The first kappa shape index (κ1) is 17.9. The lowest BCUT2D eigenvalue weighted by molar-refractivity contribution is 0.251. The molecule has 0 atom stereocenters. The van der Waals surface area contributed by atoms with Gasteiger partial charge in [-0.2, -0.15) is 0 Å². The molecule has 3 rings (SSSR count). The Balaban J connectivity index is 1.35. The summed E-state index contributed by atoms with van der Waals surface area (Å²) in [5, 5.41) is 7.27. The molecule has 1 aliphatic rings. The SMILES string of the molecule is CCc1ccc(NC(=S)NCCCN2CCc3ccccc3C2)cc1. The minimum Gasteiger partial charge on any atom is -0.362 e. The number of anilines is 1. The molecule has 0 amide bonds. The maximum absolute atomic E-state index is 5.38. The lowest BCUT2D eigenvalue weighted by Gasteiger charge is -2.28. The molecule has 0 aliphatic carbocycles. The number of rotatable bonds is 6. The van der Waals surface area contributed by atoms with Gasteiger partial charge >= 0.3 is 0 Å². The van der Waals surface area contributed by atoms with E-state index in [1.165, 1.54) is 16.7 Å². The van der Waals surface area contributed by atoms with Crippen molar-refractivity contribution in [3.05, 3.63) is 65.2 Å². The fourth-order valence-corrected chi connectivity index (χ4v) is 3.47. The lowest BCUT2D eigenvalue weighted by atomic mass is 10.00. The average Bonchev–Trinajstić information content (AvgIpc) is 2.66. The van der Waals surface area contributed by atoms with Gasteiger partial charge < -0.3 is 10.6 Å². The highest BCUT2D eigenvalue weighted by molar-refractivity contribution is 7.80. The third-order valence-corrected chi connectivity index (χ3v) is 5.01. The average molecular weight is 354 g/mol. The Morgan fingerprint density at radius 1 is 1.08 bits per heavy atom. The summed E-state index contributed by atoms with van der Waals surface area (Å²) in [5.74, 6) is 0. The molecule has 0 saturated carbocycles. The van der Waals surface area contributed by atoms with Gasteiger partial charge in [0.25, 0.3) is 0 Å². The van der Waals surface area contributed by atoms with Crippen LogP contribution in [0.5, 0.6) is 0 Å². The van der Waals surface area contributed by atoms with E-state index in [0.29, 0.717) is 5.11 Å². The zero-order valence-corrected chi connectivity index (χ0v) is 15.7. The van der Waals surface area contributed by atoms with Crippen LogP contribution in [0.3, 0.4) is 0 Å². The maximum Gasteiger partial charge on any atom is 0.170 e. The van der Waals surface area contributed by atoms with Gasteiger partial charge in [-0.25, -0.2) is 0 Å². The minimum atomic E-state index is 0.702. The van der Waals surface area contributed by atoms with Crippen LogP contribution in [0, 0.1) is 0 Å². The molecule has 4 heteroatoms. The molecule has 0 radical (unpaired) electrons. The van der Waals surface area contributed by atoms with E-state index in [4.69, 9.17) is 12.2 Å². The van der Waals surface area contributed by atoms with Crippen molar-refractivity contribution >= 4 is 23.0 Å². The third-order valence-electron chi connectivity index (χ3n) is 4.77. The fourth-order valence-electron chi connectivity index (χ4n) is 3.25. The van der Waals surface area contributed by atoms with Crippen LogP contribution in [0.25, 0.3) is 0 Å². The lowest BCUT2D eigenvalue weighted by Crippen LogP contribution is -2.34. The predicted molar refractivity (Wildman–Crippen MR) is 110 cm³/mol. The second kappa shape index (κ2) is 8.97. The topological polar surface area (TPSA) is 27.3 Å². The van der Waals surface area contributed by atoms with E-state index >= 15 is 0 Å². The number of nitrogens with one attached hydrogen (secondary N) is 2. The highest BCUT2D eigenvalue weighted by Gasteiger charge is 2.14. The normalized spacial score (nSPS) is 14.0. The molecule has 0 bridgehead atoms. The zero-order valence-electron chi connectivity index (χ0n) is 14.9. The molecule has 0 unspecified atom stereocenters. The van der Waals surface area contributed by atoms with Crippen molar-refractivity contribution in [2.24, 2.45) is 0 Å². The molecule has 0 fully saturated rings. The molecule has 132 valence electrons. The number of fused-ring (bicyclic) bond motifs is 1. The molecule has 2 aromatic rings. The quantitative estimate of drug-likeness (QED) is 0.607. The van der Waals surface area contributed by atoms with Gasteiger partial charge in [-0.15, -0.1) is 0 Å². The molecule has 0 aromatic heterocycles. The summed E-state index contributed by atoms with van der Waals surface area (Å²) in [7, 11) is 0. The molecule has 25 heavy (non-hydrogen) atoms. The van der Waals surface area contributed by atoms with Crippen LogP contribution >= 0.6 is 12.2 Å². The Kier molecular flexibility index (Phi) is 6.42. The Hall–Kier alpha value is -1.91. The summed E-state index contributed by atoms with van der Waals surface area (Å²) in [4.78, 5) is 2.53. The van der Waals surface area contributed by atoms with Crippen molar-refractivity contribution in [3.8, 4) is 0 Å². The van der Waals surface area contributed by atoms with Gasteiger partial charge in [0.05, 0.1) is 0 Å². The van der Waals surface area contributed by atoms with Crippen LogP contribution in [0.4, 0.5) is 5.69 Å². The van der Waals surface area contributed by atoms with Crippen molar-refractivity contribution in [1.82, 2.24) is 10.2 Å². The van der Waals surface area contributed by atoms with Gasteiger partial charge in [-0.1, -0.05) is 43.3 Å². The first-order valence-electron chi connectivity index (χ1n) is 9.17. The van der Waals surface area contributed by atoms with E-state index in [1.54, 1.807) is 0 Å². The van der Waals surface area contributed by atoms with Gasteiger partial charge in [-0.05, 0) is 60.3 Å². The van der Waals surface area contributed by atoms with E-state index < -0.39 is 0 Å². The van der Waals surface area contributed by atoms with Crippen LogP contribution in [0.2, 0.25) is 0 Å². The van der Waals surface area contributed by atoms with Crippen molar-refractivity contribution in [3.63, 3.8) is 0 Å². The number of thiocarbonyl (C=S) groups is 1. The minimum absolute atomic E-state index is 0.702. The first-order chi connectivity index (χ1) is 12.2. The van der Waals surface area contributed by atoms with Crippen molar-refractivity contribution in [2.75, 3.05) is 25.0 Å². The van der Waals surface area contributed by atoms with E-state index in [2.05, 4.69) is 71.0 Å². The van der Waals surface area contributed by atoms with Crippen molar-refractivity contribution in [2.45, 2.75) is 32.7 Å². The standard InChI is InChI=1S/C21H27N3S/c1-2-17-8-10-20(11-9-17)23-21(25)22-13-5-14-24-15-12-18-6-3-4-7-19(18)16-24/h3-4,6-11H,2,5,12-16H2,1H3,(H2,22,23,25). The number of nitrogens with zero attached hydrogens (tertiary/aromatic N) is 1. The number of benzene rings is 2. The summed E-state index contributed by atoms with van der Waals surface area (Å²) in [6, 6.07) is 17.2. The van der Waals surface area contributed by atoms with Gasteiger partial charge in [0, 0.05) is 31.9 Å². The van der Waals surface area contributed by atoms with Crippen molar-refractivity contribution < 1.29 is 0 Å². The first-order valence-corrected chi connectivity index (χ1v) is 9.58. The van der Waals surface area contributed by atoms with E-state index in [9.17, 15) is 0 Å². The number of hydrogen-bond acceptors (Lipinski definition) is 2. The Morgan fingerprint density at radius 2 is 1.84 bits per heavy atom. The van der Waals surface area contributed by atoms with E-state index in [-0.39, 0.29) is 0 Å². The molecule has 3 nitrogen and oxygen atoms in total. The fraction of sp³-hybridized carbons (Fsp3) is 0.381. The van der Waals surface area contributed by atoms with Crippen LogP contribution in [-0.2, 0) is 19.4 Å². The molecule has 2 N–H and O–H groups in total. The van der Waals surface area contributed by atoms with Gasteiger partial charge in [0.1, 0.15) is 0 Å². The Bertz CT molecular complexity index is 697. The third kappa shape index (κ3) is 5.28. The summed E-state index contributed by atoms with van der Waals surface area (Å²) in [6.07, 6.45) is 3.32. The second-order valence-electron chi connectivity index (χ2n) is 6.58. The predicted octanol–water partition coefficient (Wildman–Crippen LogP) is 3.98. The molecule has 0 saturated heterocycles. The van der Waals surface area contributed by atoms with Crippen LogP contribution < -0.4 is 10.6 Å². The molecule has 1 aliphatic heterocycles. The Morgan fingerprint density at radius 3 is 2.60 bits per heavy atom. The second-order valence-corrected chi connectivity index (χ2v) is 6.99. The van der Waals surface area contributed by atoms with E-state index in [0.717, 1.165) is 51.1 Å². The van der Waals surface area contributed by atoms with Gasteiger partial charge in [0.15, 0.2) is 5.11 Å². The highest BCUT2D eigenvalue weighted by Crippen LogP contribution is 2.18. The summed E-state index contributed by atoms with van der Waals surface area (Å²) >= 11 is 5.38. The highest BCUT2D eigenvalue weighted by atomic mass is 32.1. The molecule has 1 heterocycles. The van der Waals surface area contributed by atoms with Crippen LogP contribution in [0.1, 0.15) is 30.0 Å². The molecular formula is C21H27N3S. The Labute approximate surface area is 156 Å². The summed E-state index contributed by atoms with van der Waals surface area (Å²) < 4.78 is 0. The summed E-state index contributed by atoms with van der Waals surface area (Å²) in [6.45, 7) is 6.40. The van der Waals surface area contributed by atoms with E-state index in [1.807, 2.05) is 0 Å². The van der Waals surface area contributed by atoms with Crippen molar-refractivity contribution in [1.29, 1.82) is 0 Å². The number of hydrogen-bond donors (Lipinski definition) is 2. The zero-order chi connectivity index (χ0) is 17.5. The summed E-state index contributed by atoms with van der Waals surface area (Å²) in [5.41, 5.74) is 5.38. The van der Waals surface area contributed by atoms with Crippen LogP contribution in [-0.4, -0.2) is 29.6 Å². The monoisotopic (exact) mass is 353 g/mol. The largest absolute Gasteiger partial charge is 0.362 e. The molecular weight excluding hydrogens is 326 g/mol. The smallest absolute Gasteiger partial charge is 0.170 e. The molecule has 2 aromatic carbocycles. The van der Waals surface area contributed by atoms with Crippen LogP contribution in [0.15, 0.2) is 48.5 Å².